The number of hydrogen-bond donors (Lipinski definition) is 2. The molecule has 0 spiro atoms. The number of benzene rings is 1. The van der Waals surface area contributed by atoms with Gasteiger partial charge in [0, 0.05) is 13.2 Å². The van der Waals surface area contributed by atoms with Crippen molar-refractivity contribution in [2.75, 3.05) is 13.7 Å². The summed E-state index contributed by atoms with van der Waals surface area (Å²) in [7, 11) is 1.94. The second-order valence-corrected chi connectivity index (χ2v) is 3.14. The van der Waals surface area contributed by atoms with Gasteiger partial charge in [0.2, 0.25) is 0 Å². The van der Waals surface area contributed by atoms with E-state index >= 15 is 0 Å². The molecule has 0 aliphatic heterocycles. The minimum atomic E-state index is 0.213. The maximum Gasteiger partial charge on any atom is 0.0465 e. The topological polar surface area (TPSA) is 32.3 Å². The molecule has 1 aromatic rings. The zero-order valence-corrected chi connectivity index (χ0v) is 8.53. The van der Waals surface area contributed by atoms with Crippen molar-refractivity contribution in [3.63, 3.8) is 0 Å². The van der Waals surface area contributed by atoms with Crippen molar-refractivity contribution < 1.29 is 5.11 Å². The second-order valence-electron chi connectivity index (χ2n) is 3.14. The molecular weight excluding hydrogens is 174 g/mol. The largest absolute Gasteiger partial charge is 0.396 e. The predicted molar refractivity (Wildman–Crippen MR) is 59.9 cm³/mol. The van der Waals surface area contributed by atoms with Crippen molar-refractivity contribution in [1.29, 1.82) is 0 Å². The van der Waals surface area contributed by atoms with Crippen molar-refractivity contribution in [2.24, 2.45) is 0 Å². The molecule has 0 heterocycles. The van der Waals surface area contributed by atoms with Crippen molar-refractivity contribution in [3.8, 4) is 0 Å². The maximum atomic E-state index is 8.65. The molecule has 1 rings (SSSR count). The molecule has 0 bridgehead atoms. The number of rotatable bonds is 5. The van der Waals surface area contributed by atoms with Gasteiger partial charge in [0.15, 0.2) is 0 Å². The summed E-state index contributed by atoms with van der Waals surface area (Å²) in [4.78, 5) is 0. The van der Waals surface area contributed by atoms with Gasteiger partial charge in [-0.1, -0.05) is 36.4 Å². The lowest BCUT2D eigenvalue weighted by molar-refractivity contribution is 0.303. The smallest absolute Gasteiger partial charge is 0.0465 e. The van der Waals surface area contributed by atoms with E-state index in [1.165, 1.54) is 11.1 Å². The first kappa shape index (κ1) is 11.0. The van der Waals surface area contributed by atoms with Crippen LogP contribution < -0.4 is 5.32 Å². The minimum absolute atomic E-state index is 0.213. The summed E-state index contributed by atoms with van der Waals surface area (Å²) < 4.78 is 0. The van der Waals surface area contributed by atoms with Gasteiger partial charge in [0.25, 0.3) is 0 Å². The van der Waals surface area contributed by atoms with Crippen molar-refractivity contribution in [3.05, 3.63) is 41.5 Å². The molecule has 1 aromatic carbocycles. The molecule has 76 valence electrons. The summed E-state index contributed by atoms with van der Waals surface area (Å²) in [6, 6.07) is 8.25. The Morgan fingerprint density at radius 3 is 2.86 bits per heavy atom. The van der Waals surface area contributed by atoms with Crippen LogP contribution >= 0.6 is 0 Å². The zero-order valence-electron chi connectivity index (χ0n) is 8.53. The van der Waals surface area contributed by atoms with Crippen LogP contribution in [0.1, 0.15) is 17.5 Å². The van der Waals surface area contributed by atoms with E-state index in [1.54, 1.807) is 0 Å². The molecule has 2 N–H and O–H groups in total. The van der Waals surface area contributed by atoms with Crippen LogP contribution in [0.3, 0.4) is 0 Å². The zero-order chi connectivity index (χ0) is 10.2. The summed E-state index contributed by atoms with van der Waals surface area (Å²) in [5, 5.41) is 11.8. The fourth-order valence-corrected chi connectivity index (χ4v) is 1.33. The second kappa shape index (κ2) is 6.35. The molecule has 0 saturated carbocycles. The van der Waals surface area contributed by atoms with Gasteiger partial charge >= 0.3 is 0 Å². The lowest BCUT2D eigenvalue weighted by Gasteiger charge is -2.04. The van der Waals surface area contributed by atoms with Gasteiger partial charge in [-0.3, -0.25) is 0 Å². The van der Waals surface area contributed by atoms with Gasteiger partial charge < -0.3 is 10.4 Å². The van der Waals surface area contributed by atoms with E-state index in [4.69, 9.17) is 5.11 Å². The van der Waals surface area contributed by atoms with Crippen LogP contribution in [0.25, 0.3) is 6.08 Å². The third-order valence-corrected chi connectivity index (χ3v) is 2.02. The first-order chi connectivity index (χ1) is 6.88. The van der Waals surface area contributed by atoms with E-state index in [9.17, 15) is 0 Å². The summed E-state index contributed by atoms with van der Waals surface area (Å²) in [5.74, 6) is 0. The van der Waals surface area contributed by atoms with E-state index in [0.29, 0.717) is 6.42 Å². The Labute approximate surface area is 85.3 Å². The van der Waals surface area contributed by atoms with Gasteiger partial charge in [-0.2, -0.15) is 0 Å². The summed E-state index contributed by atoms with van der Waals surface area (Å²) >= 11 is 0. The summed E-state index contributed by atoms with van der Waals surface area (Å²) in [6.45, 7) is 1.09. The number of nitrogens with one attached hydrogen (secondary N) is 1. The third-order valence-electron chi connectivity index (χ3n) is 2.02. The Morgan fingerprint density at radius 2 is 2.14 bits per heavy atom. The molecule has 0 amide bonds. The highest BCUT2D eigenvalue weighted by molar-refractivity contribution is 5.53. The number of aliphatic hydroxyl groups excluding tert-OH is 1. The molecule has 2 nitrogen and oxygen atoms in total. The van der Waals surface area contributed by atoms with Gasteiger partial charge in [-0.25, -0.2) is 0 Å². The average molecular weight is 191 g/mol. The van der Waals surface area contributed by atoms with E-state index in [0.717, 1.165) is 6.54 Å². The third kappa shape index (κ3) is 3.32. The molecule has 0 radical (unpaired) electrons. The standard InChI is InChI=1S/C12H17NO/c1-13-10-12-8-3-2-6-11(12)7-4-5-9-14/h2-4,6-8,13-14H,5,9-10H2,1H3. The van der Waals surface area contributed by atoms with E-state index < -0.39 is 0 Å². The molecule has 2 heteroatoms. The fraction of sp³-hybridized carbons (Fsp3) is 0.333. The van der Waals surface area contributed by atoms with E-state index in [1.807, 2.05) is 25.3 Å². The predicted octanol–water partition coefficient (Wildman–Crippen LogP) is 1.80. The highest BCUT2D eigenvalue weighted by atomic mass is 16.2. The molecule has 0 unspecified atom stereocenters. The molecule has 0 saturated heterocycles. The van der Waals surface area contributed by atoms with Gasteiger partial charge in [0.05, 0.1) is 0 Å². The molecule has 0 fully saturated rings. The Bertz CT molecular complexity index is 294. The number of hydrogen-bond acceptors (Lipinski definition) is 2. The minimum Gasteiger partial charge on any atom is -0.396 e. The summed E-state index contributed by atoms with van der Waals surface area (Å²) in [6.07, 6.45) is 4.77. The van der Waals surface area contributed by atoms with Crippen LogP contribution in [0.4, 0.5) is 0 Å². The molecule has 0 aromatic heterocycles. The van der Waals surface area contributed by atoms with Crippen molar-refractivity contribution >= 4 is 6.08 Å². The Balaban J connectivity index is 2.73. The summed E-state index contributed by atoms with van der Waals surface area (Å²) in [5.41, 5.74) is 2.50. The first-order valence-corrected chi connectivity index (χ1v) is 4.88. The molecular formula is C12H17NO. The van der Waals surface area contributed by atoms with Crippen molar-refractivity contribution in [1.82, 2.24) is 5.32 Å². The highest BCUT2D eigenvalue weighted by Crippen LogP contribution is 2.10. The van der Waals surface area contributed by atoms with E-state index in [-0.39, 0.29) is 6.61 Å². The molecule has 14 heavy (non-hydrogen) atoms. The highest BCUT2D eigenvalue weighted by Gasteiger charge is 1.95. The average Bonchev–Trinajstić information content (AvgIpc) is 2.21. The molecule has 0 aliphatic rings. The Morgan fingerprint density at radius 1 is 1.36 bits per heavy atom. The SMILES string of the molecule is CNCc1ccccc1C=CCCO. The van der Waals surface area contributed by atoms with Gasteiger partial charge in [0.1, 0.15) is 0 Å². The lowest BCUT2D eigenvalue weighted by Crippen LogP contribution is -2.06. The maximum absolute atomic E-state index is 8.65. The molecule has 0 aliphatic carbocycles. The monoisotopic (exact) mass is 191 g/mol. The van der Waals surface area contributed by atoms with Crippen molar-refractivity contribution in [2.45, 2.75) is 13.0 Å². The first-order valence-electron chi connectivity index (χ1n) is 4.88. The fourth-order valence-electron chi connectivity index (χ4n) is 1.33. The van der Waals surface area contributed by atoms with E-state index in [2.05, 4.69) is 23.5 Å². The van der Waals surface area contributed by atoms with Gasteiger partial charge in [-0.05, 0) is 24.6 Å². The van der Waals surface area contributed by atoms with Gasteiger partial charge in [-0.15, -0.1) is 0 Å². The number of aliphatic hydroxyl groups is 1. The Kier molecular flexibility index (Phi) is 4.97. The van der Waals surface area contributed by atoms with Crippen LogP contribution in [-0.4, -0.2) is 18.8 Å². The quantitative estimate of drug-likeness (QED) is 0.744. The van der Waals surface area contributed by atoms with Crippen LogP contribution in [0.2, 0.25) is 0 Å². The molecule has 0 atom stereocenters. The van der Waals surface area contributed by atoms with Crippen LogP contribution in [0, 0.1) is 0 Å². The van der Waals surface area contributed by atoms with Crippen LogP contribution in [0.15, 0.2) is 30.3 Å². The lowest BCUT2D eigenvalue weighted by atomic mass is 10.1. The normalized spacial score (nSPS) is 11.0. The van der Waals surface area contributed by atoms with Crippen LogP contribution in [0.5, 0.6) is 0 Å². The van der Waals surface area contributed by atoms with Crippen LogP contribution in [-0.2, 0) is 6.54 Å². The Hall–Kier alpha value is -1.12.